The van der Waals surface area contributed by atoms with E-state index in [0.717, 1.165) is 0 Å². The maximum atomic E-state index is 3.64. The zero-order valence-corrected chi connectivity index (χ0v) is 14.5. The average Bonchev–Trinajstić information content (AvgIpc) is 2.77. The molecule has 0 saturated carbocycles. The van der Waals surface area contributed by atoms with Crippen molar-refractivity contribution in [2.45, 2.75) is 45.4 Å². The second-order valence-corrected chi connectivity index (χ2v) is 9.36. The van der Waals surface area contributed by atoms with Crippen molar-refractivity contribution in [3.63, 3.8) is 0 Å². The third kappa shape index (κ3) is 1.92. The molecule has 0 radical (unpaired) electrons. The molecule has 1 aliphatic rings. The highest BCUT2D eigenvalue weighted by Gasteiger charge is 2.37. The van der Waals surface area contributed by atoms with Gasteiger partial charge in [-0.2, -0.15) is 0 Å². The summed E-state index contributed by atoms with van der Waals surface area (Å²) < 4.78 is 1.23. The Kier molecular flexibility index (Phi) is 2.79. The van der Waals surface area contributed by atoms with Gasteiger partial charge in [0, 0.05) is 10.3 Å². The number of hydrogen-bond acceptors (Lipinski definition) is 1. The highest BCUT2D eigenvalue weighted by molar-refractivity contribution is 9.11. The summed E-state index contributed by atoms with van der Waals surface area (Å²) in [7, 11) is 0. The topological polar surface area (TPSA) is 0 Å². The Labute approximate surface area is 128 Å². The predicted octanol–water partition coefficient (Wildman–Crippen LogP) is 6.11. The minimum absolute atomic E-state index is 0.129. The standard InChI is InChI=1S/C17H19BrS/c1-16(2,3)10-6-7-12-11(8-10)15-13(17(12,4)5)9-14(18)19-15/h6-9H,1-5H3. The molecular formula is C17H19BrS. The highest BCUT2D eigenvalue weighted by Crippen LogP contribution is 2.53. The molecule has 1 aromatic carbocycles. The van der Waals surface area contributed by atoms with Crippen LogP contribution in [0.2, 0.25) is 0 Å². The quantitative estimate of drug-likeness (QED) is 0.544. The summed E-state index contributed by atoms with van der Waals surface area (Å²) in [5.41, 5.74) is 6.11. The van der Waals surface area contributed by atoms with Crippen molar-refractivity contribution in [2.24, 2.45) is 0 Å². The number of thiophene rings is 1. The molecule has 2 aromatic rings. The third-order valence-corrected chi connectivity index (χ3v) is 5.85. The average molecular weight is 335 g/mol. The molecule has 0 fully saturated rings. The molecule has 1 aliphatic carbocycles. The number of halogens is 1. The van der Waals surface area contributed by atoms with Gasteiger partial charge in [0.15, 0.2) is 0 Å². The van der Waals surface area contributed by atoms with Crippen molar-refractivity contribution < 1.29 is 0 Å². The van der Waals surface area contributed by atoms with Gasteiger partial charge in [0.2, 0.25) is 0 Å². The number of fused-ring (bicyclic) bond motifs is 3. The Morgan fingerprint density at radius 3 is 2.37 bits per heavy atom. The van der Waals surface area contributed by atoms with Crippen LogP contribution in [-0.2, 0) is 10.8 Å². The molecule has 0 nitrogen and oxygen atoms in total. The molecule has 0 saturated heterocycles. The molecule has 1 aromatic heterocycles. The van der Waals surface area contributed by atoms with Crippen molar-refractivity contribution in [3.8, 4) is 10.4 Å². The molecule has 0 N–H and O–H groups in total. The first kappa shape index (κ1) is 13.4. The van der Waals surface area contributed by atoms with Gasteiger partial charge in [-0.05, 0) is 55.7 Å². The molecule has 0 amide bonds. The van der Waals surface area contributed by atoms with Crippen LogP contribution in [0.3, 0.4) is 0 Å². The Morgan fingerprint density at radius 2 is 1.74 bits per heavy atom. The van der Waals surface area contributed by atoms with Crippen molar-refractivity contribution >= 4 is 27.3 Å². The molecule has 0 aliphatic heterocycles. The second-order valence-electron chi connectivity index (χ2n) is 6.93. The lowest BCUT2D eigenvalue weighted by molar-refractivity contribution is 0.589. The Hall–Kier alpha value is -0.600. The zero-order valence-electron chi connectivity index (χ0n) is 12.1. The van der Waals surface area contributed by atoms with Gasteiger partial charge >= 0.3 is 0 Å². The zero-order chi connectivity index (χ0) is 14.0. The van der Waals surface area contributed by atoms with Gasteiger partial charge in [0.1, 0.15) is 0 Å². The summed E-state index contributed by atoms with van der Waals surface area (Å²) in [5, 5.41) is 0. The van der Waals surface area contributed by atoms with E-state index in [1.807, 2.05) is 11.3 Å². The van der Waals surface area contributed by atoms with E-state index >= 15 is 0 Å². The van der Waals surface area contributed by atoms with Crippen LogP contribution in [0.25, 0.3) is 10.4 Å². The lowest BCUT2D eigenvalue weighted by atomic mass is 9.80. The fourth-order valence-corrected chi connectivity index (χ4v) is 4.70. The van der Waals surface area contributed by atoms with E-state index in [0.29, 0.717) is 0 Å². The number of rotatable bonds is 0. The van der Waals surface area contributed by atoms with E-state index in [4.69, 9.17) is 0 Å². The first-order chi connectivity index (χ1) is 8.71. The van der Waals surface area contributed by atoms with Gasteiger partial charge < -0.3 is 0 Å². The molecule has 0 spiro atoms. The van der Waals surface area contributed by atoms with Crippen molar-refractivity contribution in [3.05, 3.63) is 44.7 Å². The molecule has 100 valence electrons. The van der Waals surface area contributed by atoms with E-state index in [9.17, 15) is 0 Å². The summed E-state index contributed by atoms with van der Waals surface area (Å²) in [5.74, 6) is 0. The summed E-state index contributed by atoms with van der Waals surface area (Å²) in [4.78, 5) is 1.44. The molecule has 0 bridgehead atoms. The third-order valence-electron chi connectivity index (χ3n) is 4.18. The van der Waals surface area contributed by atoms with E-state index in [1.165, 1.54) is 30.9 Å². The lowest BCUT2D eigenvalue weighted by Crippen LogP contribution is -2.15. The van der Waals surface area contributed by atoms with E-state index in [-0.39, 0.29) is 10.8 Å². The first-order valence-electron chi connectivity index (χ1n) is 6.66. The van der Waals surface area contributed by atoms with Crippen molar-refractivity contribution in [1.82, 2.24) is 0 Å². The molecule has 19 heavy (non-hydrogen) atoms. The van der Waals surface area contributed by atoms with Crippen LogP contribution in [0.1, 0.15) is 51.3 Å². The largest absolute Gasteiger partial charge is 0.128 e. The van der Waals surface area contributed by atoms with Crippen LogP contribution in [0.4, 0.5) is 0 Å². The van der Waals surface area contributed by atoms with Gasteiger partial charge in [0.25, 0.3) is 0 Å². The van der Waals surface area contributed by atoms with Crippen LogP contribution >= 0.6 is 27.3 Å². The van der Waals surface area contributed by atoms with Crippen LogP contribution in [0, 0.1) is 0 Å². The van der Waals surface area contributed by atoms with Gasteiger partial charge in [-0.25, -0.2) is 0 Å². The fraction of sp³-hybridized carbons (Fsp3) is 0.412. The molecule has 1 heterocycles. The molecule has 0 atom stereocenters. The molecule has 0 unspecified atom stereocenters. The van der Waals surface area contributed by atoms with Crippen LogP contribution in [0.15, 0.2) is 28.1 Å². The Balaban J connectivity index is 2.28. The van der Waals surface area contributed by atoms with E-state index in [1.54, 1.807) is 0 Å². The smallest absolute Gasteiger partial charge is 0.0708 e. The van der Waals surface area contributed by atoms with Crippen LogP contribution in [0.5, 0.6) is 0 Å². The fourth-order valence-electron chi connectivity index (χ4n) is 2.91. The van der Waals surface area contributed by atoms with Crippen molar-refractivity contribution in [1.29, 1.82) is 0 Å². The van der Waals surface area contributed by atoms with Crippen molar-refractivity contribution in [2.75, 3.05) is 0 Å². The number of benzene rings is 1. The summed E-state index contributed by atoms with van der Waals surface area (Å²) in [6.45, 7) is 11.5. The number of hydrogen-bond donors (Lipinski definition) is 0. The summed E-state index contributed by atoms with van der Waals surface area (Å²) in [6.07, 6.45) is 0. The van der Waals surface area contributed by atoms with Gasteiger partial charge in [0.05, 0.1) is 3.79 Å². The lowest BCUT2D eigenvalue weighted by Gasteiger charge is -2.23. The van der Waals surface area contributed by atoms with Crippen LogP contribution in [-0.4, -0.2) is 0 Å². The molecular weight excluding hydrogens is 316 g/mol. The Morgan fingerprint density at radius 1 is 1.05 bits per heavy atom. The molecule has 2 heteroatoms. The highest BCUT2D eigenvalue weighted by atomic mass is 79.9. The maximum absolute atomic E-state index is 3.64. The van der Waals surface area contributed by atoms with Crippen LogP contribution < -0.4 is 0 Å². The maximum Gasteiger partial charge on any atom is 0.0708 e. The minimum atomic E-state index is 0.129. The molecule has 3 rings (SSSR count). The predicted molar refractivity (Wildman–Crippen MR) is 88.3 cm³/mol. The summed E-state index contributed by atoms with van der Waals surface area (Å²) >= 11 is 5.50. The summed E-state index contributed by atoms with van der Waals surface area (Å²) in [6, 6.07) is 9.31. The Bertz CT molecular complexity index is 656. The van der Waals surface area contributed by atoms with E-state index < -0.39 is 0 Å². The van der Waals surface area contributed by atoms with Gasteiger partial charge in [-0.1, -0.05) is 46.8 Å². The first-order valence-corrected chi connectivity index (χ1v) is 8.27. The normalized spacial score (nSPS) is 16.3. The second kappa shape index (κ2) is 3.95. The monoisotopic (exact) mass is 334 g/mol. The van der Waals surface area contributed by atoms with Gasteiger partial charge in [-0.15, -0.1) is 11.3 Å². The minimum Gasteiger partial charge on any atom is -0.128 e. The van der Waals surface area contributed by atoms with Gasteiger partial charge in [-0.3, -0.25) is 0 Å². The van der Waals surface area contributed by atoms with E-state index in [2.05, 4.69) is 74.8 Å². The SMILES string of the molecule is CC(C)(C)c1ccc2c(c1)-c1sc(Br)cc1C2(C)C.